The highest BCUT2D eigenvalue weighted by atomic mass is 19.3. The lowest BCUT2D eigenvalue weighted by atomic mass is 9.87. The van der Waals surface area contributed by atoms with E-state index in [2.05, 4.69) is 29.1 Å². The van der Waals surface area contributed by atoms with E-state index in [1.807, 2.05) is 18.2 Å². The number of nitrogens with one attached hydrogen (secondary N) is 1. The maximum Gasteiger partial charge on any atom is 0.586 e. The predicted octanol–water partition coefficient (Wildman–Crippen LogP) is 6.66. The molecule has 0 spiro atoms. The number of fused-ring (bicyclic) bond motifs is 1. The molecule has 2 heterocycles. The van der Waals surface area contributed by atoms with Crippen LogP contribution in [0.3, 0.4) is 0 Å². The Hall–Kier alpha value is -2.47. The van der Waals surface area contributed by atoms with Gasteiger partial charge in [-0.1, -0.05) is 43.3 Å². The van der Waals surface area contributed by atoms with Crippen LogP contribution in [-0.2, 0) is 0 Å². The molecule has 1 N–H and O–H groups in total. The quantitative estimate of drug-likeness (QED) is 0.461. The predicted molar refractivity (Wildman–Crippen MR) is 127 cm³/mol. The van der Waals surface area contributed by atoms with Crippen molar-refractivity contribution >= 4 is 5.78 Å². The van der Waals surface area contributed by atoms with Crippen LogP contribution in [-0.4, -0.2) is 25.2 Å². The van der Waals surface area contributed by atoms with Crippen LogP contribution < -0.4 is 14.8 Å². The molecule has 2 aromatic carbocycles. The standard InChI is InChI=1S/C28H33F2NO3/c1-18(24-3-2-4-26-27(24)34-28(29,30)33-26)15-20-5-6-23(16-20)21-7-9-22(10-8-21)25(32)17-19-11-13-31-14-12-19/h2-4,7-10,18-20,23,31H,5-6,11-17H2,1H3/t18-,20?,23-/m0/s1. The van der Waals surface area contributed by atoms with Crippen LogP contribution in [0.4, 0.5) is 8.78 Å². The number of rotatable bonds is 7. The van der Waals surface area contributed by atoms with Gasteiger partial charge in [0, 0.05) is 17.5 Å². The highest BCUT2D eigenvalue weighted by molar-refractivity contribution is 5.96. The van der Waals surface area contributed by atoms with E-state index in [1.54, 1.807) is 6.07 Å². The average molecular weight is 470 g/mol. The number of piperidine rings is 1. The summed E-state index contributed by atoms with van der Waals surface area (Å²) >= 11 is 0. The maximum atomic E-state index is 13.6. The fourth-order valence-electron chi connectivity index (χ4n) is 6.00. The number of halogens is 2. The number of para-hydroxylation sites is 1. The normalized spacial score (nSPS) is 24.8. The first-order chi connectivity index (χ1) is 16.4. The smallest absolute Gasteiger partial charge is 0.395 e. The van der Waals surface area contributed by atoms with Gasteiger partial charge in [0.15, 0.2) is 17.3 Å². The van der Waals surface area contributed by atoms with Gasteiger partial charge >= 0.3 is 6.29 Å². The first-order valence-electron chi connectivity index (χ1n) is 12.6. The van der Waals surface area contributed by atoms with Gasteiger partial charge in [-0.15, -0.1) is 8.78 Å². The molecule has 1 saturated carbocycles. The van der Waals surface area contributed by atoms with Crippen molar-refractivity contribution in [3.05, 3.63) is 59.2 Å². The highest BCUT2D eigenvalue weighted by Gasteiger charge is 2.45. The summed E-state index contributed by atoms with van der Waals surface area (Å²) in [5.41, 5.74) is 2.91. The lowest BCUT2D eigenvalue weighted by Crippen LogP contribution is -2.28. The molecule has 3 aliphatic rings. The van der Waals surface area contributed by atoms with Crippen molar-refractivity contribution in [2.45, 2.75) is 70.0 Å². The Kier molecular flexibility index (Phi) is 6.61. The molecule has 1 aliphatic carbocycles. The Balaban J connectivity index is 1.17. The maximum absolute atomic E-state index is 13.6. The monoisotopic (exact) mass is 469 g/mol. The number of ether oxygens (including phenoxy) is 2. The van der Waals surface area contributed by atoms with Crippen LogP contribution in [0.2, 0.25) is 0 Å². The summed E-state index contributed by atoms with van der Waals surface area (Å²) in [6, 6.07) is 13.4. The molecule has 1 saturated heterocycles. The Morgan fingerprint density at radius 3 is 2.56 bits per heavy atom. The molecule has 2 fully saturated rings. The molecule has 0 aromatic heterocycles. The van der Waals surface area contributed by atoms with Gasteiger partial charge in [0.2, 0.25) is 0 Å². The molecule has 0 amide bonds. The summed E-state index contributed by atoms with van der Waals surface area (Å²) < 4.78 is 36.5. The third-order valence-electron chi connectivity index (χ3n) is 7.85. The molecule has 3 atom stereocenters. The van der Waals surface area contributed by atoms with E-state index in [1.165, 1.54) is 11.6 Å². The van der Waals surface area contributed by atoms with E-state index >= 15 is 0 Å². The molecule has 2 aliphatic heterocycles. The van der Waals surface area contributed by atoms with Crippen LogP contribution in [0.25, 0.3) is 0 Å². The van der Waals surface area contributed by atoms with Crippen LogP contribution in [0.1, 0.15) is 85.2 Å². The van der Waals surface area contributed by atoms with E-state index in [-0.39, 0.29) is 23.2 Å². The van der Waals surface area contributed by atoms with Gasteiger partial charge in [-0.05, 0) is 86.9 Å². The van der Waals surface area contributed by atoms with Crippen molar-refractivity contribution in [3.8, 4) is 11.5 Å². The summed E-state index contributed by atoms with van der Waals surface area (Å²) in [6.07, 6.45) is 3.46. The second-order valence-corrected chi connectivity index (χ2v) is 10.3. The third-order valence-corrected chi connectivity index (χ3v) is 7.85. The number of hydrogen-bond acceptors (Lipinski definition) is 4. The van der Waals surface area contributed by atoms with Crippen LogP contribution in [0.15, 0.2) is 42.5 Å². The Morgan fingerprint density at radius 2 is 1.79 bits per heavy atom. The van der Waals surface area contributed by atoms with Gasteiger partial charge in [0.25, 0.3) is 0 Å². The second-order valence-electron chi connectivity index (χ2n) is 10.3. The van der Waals surface area contributed by atoms with Gasteiger partial charge in [-0.3, -0.25) is 4.79 Å². The molecule has 5 rings (SSSR count). The number of carbonyl (C=O) groups excluding carboxylic acids is 1. The van der Waals surface area contributed by atoms with Crippen molar-refractivity contribution in [3.63, 3.8) is 0 Å². The molecule has 34 heavy (non-hydrogen) atoms. The van der Waals surface area contributed by atoms with Crippen LogP contribution in [0.5, 0.6) is 11.5 Å². The van der Waals surface area contributed by atoms with Crippen molar-refractivity contribution < 1.29 is 23.0 Å². The van der Waals surface area contributed by atoms with Crippen molar-refractivity contribution in [2.24, 2.45) is 11.8 Å². The summed E-state index contributed by atoms with van der Waals surface area (Å²) in [4.78, 5) is 12.7. The van der Waals surface area contributed by atoms with Crippen molar-refractivity contribution in [2.75, 3.05) is 13.1 Å². The molecular formula is C28H33F2NO3. The number of benzene rings is 2. The minimum absolute atomic E-state index is 0.103. The molecule has 4 nitrogen and oxygen atoms in total. The first kappa shape index (κ1) is 23.3. The minimum Gasteiger partial charge on any atom is -0.395 e. The summed E-state index contributed by atoms with van der Waals surface area (Å²) in [7, 11) is 0. The fourth-order valence-corrected chi connectivity index (χ4v) is 6.00. The van der Waals surface area contributed by atoms with Crippen LogP contribution in [0, 0.1) is 11.8 Å². The summed E-state index contributed by atoms with van der Waals surface area (Å²) in [5.74, 6) is 2.17. The zero-order chi connectivity index (χ0) is 23.7. The molecular weight excluding hydrogens is 436 g/mol. The SMILES string of the molecule is C[C@@H](CC1CC[C@H](c2ccc(C(=O)CC3CCNCC3)cc2)C1)c1cccc2c1OC(F)(F)O2. The molecule has 6 heteroatoms. The van der Waals surface area contributed by atoms with Gasteiger partial charge in [-0.25, -0.2) is 0 Å². The number of Topliss-reactive ketones (excluding diaryl/α,β-unsaturated/α-hetero) is 1. The third kappa shape index (κ3) is 5.12. The molecule has 0 bridgehead atoms. The molecule has 0 radical (unpaired) electrons. The zero-order valence-electron chi connectivity index (χ0n) is 19.7. The second kappa shape index (κ2) is 9.65. The number of hydrogen-bond donors (Lipinski definition) is 1. The minimum atomic E-state index is -3.59. The zero-order valence-corrected chi connectivity index (χ0v) is 19.7. The average Bonchev–Trinajstić information content (AvgIpc) is 3.42. The van der Waals surface area contributed by atoms with Crippen LogP contribution >= 0.6 is 0 Å². The van der Waals surface area contributed by atoms with Crippen molar-refractivity contribution in [1.29, 1.82) is 0 Å². The van der Waals surface area contributed by atoms with Gasteiger partial charge < -0.3 is 14.8 Å². The molecule has 1 unspecified atom stereocenters. The fraction of sp³-hybridized carbons (Fsp3) is 0.536. The van der Waals surface area contributed by atoms with E-state index in [4.69, 9.17) is 4.74 Å². The van der Waals surface area contributed by atoms with Gasteiger partial charge in [0.1, 0.15) is 0 Å². The molecule has 2 aromatic rings. The Morgan fingerprint density at radius 1 is 1.03 bits per heavy atom. The van der Waals surface area contributed by atoms with E-state index < -0.39 is 6.29 Å². The number of ketones is 1. The van der Waals surface area contributed by atoms with E-state index in [0.717, 1.165) is 62.7 Å². The topological polar surface area (TPSA) is 47.6 Å². The van der Waals surface area contributed by atoms with E-state index in [0.29, 0.717) is 24.2 Å². The lowest BCUT2D eigenvalue weighted by molar-refractivity contribution is -0.287. The largest absolute Gasteiger partial charge is 0.586 e. The lowest BCUT2D eigenvalue weighted by Gasteiger charge is -2.21. The van der Waals surface area contributed by atoms with Crippen molar-refractivity contribution in [1.82, 2.24) is 5.32 Å². The Labute approximate surface area is 200 Å². The summed E-state index contributed by atoms with van der Waals surface area (Å²) in [5, 5.41) is 3.35. The van der Waals surface area contributed by atoms with E-state index in [9.17, 15) is 13.6 Å². The van der Waals surface area contributed by atoms with Gasteiger partial charge in [0.05, 0.1) is 0 Å². The van der Waals surface area contributed by atoms with Gasteiger partial charge in [-0.2, -0.15) is 0 Å². The highest BCUT2D eigenvalue weighted by Crippen LogP contribution is 2.48. The number of alkyl halides is 2. The molecule has 182 valence electrons. The summed E-state index contributed by atoms with van der Waals surface area (Å²) in [6.45, 7) is 4.10. The Bertz CT molecular complexity index is 1020. The number of carbonyl (C=O) groups is 1. The first-order valence-corrected chi connectivity index (χ1v) is 12.6.